The van der Waals surface area contributed by atoms with Gasteiger partial charge < -0.3 is 0 Å². The highest BCUT2D eigenvalue weighted by Crippen LogP contribution is 2.49. The van der Waals surface area contributed by atoms with E-state index in [1.807, 2.05) is 0 Å². The minimum Gasteiger partial charge on any atom is -0.184 e. The first-order chi connectivity index (χ1) is 12.9. The first kappa shape index (κ1) is 25.4. The van der Waals surface area contributed by atoms with Crippen LogP contribution >= 0.6 is 0 Å². The number of hydrogen-bond acceptors (Lipinski definition) is 0. The van der Waals surface area contributed by atoms with E-state index in [0.717, 1.165) is 16.6 Å². The van der Waals surface area contributed by atoms with Crippen LogP contribution in [0.1, 0.15) is 83.1 Å². The van der Waals surface area contributed by atoms with Crippen LogP contribution in [-0.2, 0) is 0 Å². The second kappa shape index (κ2) is 9.93. The summed E-state index contributed by atoms with van der Waals surface area (Å²) >= 11 is 0. The van der Waals surface area contributed by atoms with Crippen molar-refractivity contribution in [3.63, 3.8) is 0 Å². The van der Waals surface area contributed by atoms with Crippen molar-refractivity contribution < 1.29 is 0 Å². The van der Waals surface area contributed by atoms with Crippen molar-refractivity contribution >= 4 is 16.1 Å². The van der Waals surface area contributed by atoms with Gasteiger partial charge in [-0.25, -0.2) is 0 Å². The standard InChI is InChI=1S/C26H47Si2/c1-19(2)27(20(3)4,21(5)6)25-15-13-14-16-26(18-17-25)28(22(7)8,23(9)10)24(11)12/h13-17,19-24H,1-12H3/q-1/b14-13?,15-13-,16-14+,25-15?,25-17+,26-16?. The third-order valence-corrected chi connectivity index (χ3v) is 21.8. The summed E-state index contributed by atoms with van der Waals surface area (Å²) in [5, 5.41) is 3.11. The molecule has 160 valence electrons. The highest BCUT2D eigenvalue weighted by Gasteiger charge is 2.43. The molecular weight excluding hydrogens is 368 g/mol. The lowest BCUT2D eigenvalue weighted by Crippen LogP contribution is -2.47. The van der Waals surface area contributed by atoms with E-state index in [1.54, 1.807) is 5.20 Å². The van der Waals surface area contributed by atoms with E-state index in [4.69, 9.17) is 0 Å². The van der Waals surface area contributed by atoms with Gasteiger partial charge >= 0.3 is 0 Å². The predicted molar refractivity (Wildman–Crippen MR) is 135 cm³/mol. The zero-order chi connectivity index (χ0) is 21.9. The van der Waals surface area contributed by atoms with Crippen LogP contribution in [0.2, 0.25) is 33.2 Å². The van der Waals surface area contributed by atoms with Gasteiger partial charge in [-0.3, -0.25) is 0 Å². The third kappa shape index (κ3) is 4.28. The molecule has 2 heteroatoms. The molecule has 0 fully saturated rings. The van der Waals surface area contributed by atoms with Crippen LogP contribution in [0.25, 0.3) is 0 Å². The Balaban J connectivity index is 3.74. The Labute approximate surface area is 179 Å². The van der Waals surface area contributed by atoms with Gasteiger partial charge in [-0.2, -0.15) is 23.4 Å². The van der Waals surface area contributed by atoms with Crippen molar-refractivity contribution in [1.29, 1.82) is 0 Å². The molecule has 0 aliphatic heterocycles. The summed E-state index contributed by atoms with van der Waals surface area (Å²) in [7, 11) is -3.37. The van der Waals surface area contributed by atoms with Gasteiger partial charge in [0.1, 0.15) is 0 Å². The van der Waals surface area contributed by atoms with E-state index in [0.29, 0.717) is 16.6 Å². The average molecular weight is 416 g/mol. The van der Waals surface area contributed by atoms with Crippen molar-refractivity contribution in [2.24, 2.45) is 0 Å². The van der Waals surface area contributed by atoms with Gasteiger partial charge in [-0.15, -0.1) is 17.3 Å². The summed E-state index contributed by atoms with van der Waals surface area (Å²) in [5.74, 6) is 0. The highest BCUT2D eigenvalue weighted by molar-refractivity contribution is 6.91. The van der Waals surface area contributed by atoms with E-state index in [9.17, 15) is 0 Å². The van der Waals surface area contributed by atoms with Crippen LogP contribution in [0.5, 0.6) is 0 Å². The number of rotatable bonds is 8. The number of allylic oxidation sites excluding steroid dienone is 8. The molecule has 0 amide bonds. The van der Waals surface area contributed by atoms with Gasteiger partial charge in [0.25, 0.3) is 0 Å². The summed E-state index contributed by atoms with van der Waals surface area (Å²) < 4.78 is 0. The van der Waals surface area contributed by atoms with Gasteiger partial charge in [0.2, 0.25) is 0 Å². The fraction of sp³-hybridized carbons (Fsp3) is 0.692. The van der Waals surface area contributed by atoms with Gasteiger partial charge in [0.05, 0.1) is 8.07 Å². The molecule has 1 rings (SSSR count). The minimum atomic E-state index is -1.70. The maximum Gasteiger partial charge on any atom is 0.0680 e. The molecule has 0 heterocycles. The van der Waals surface area contributed by atoms with E-state index < -0.39 is 16.1 Å². The maximum absolute atomic E-state index is 3.94. The maximum atomic E-state index is 3.94. The molecule has 28 heavy (non-hydrogen) atoms. The fourth-order valence-corrected chi connectivity index (χ4v) is 20.3. The summed E-state index contributed by atoms with van der Waals surface area (Å²) in [6.45, 7) is 29.4. The van der Waals surface area contributed by atoms with Crippen LogP contribution in [0, 0.1) is 6.08 Å². The molecule has 0 atom stereocenters. The normalized spacial score (nSPS) is 22.5. The Morgan fingerprint density at radius 1 is 0.536 bits per heavy atom. The van der Waals surface area contributed by atoms with E-state index in [2.05, 4.69) is 120 Å². The molecule has 0 nitrogen and oxygen atoms in total. The highest BCUT2D eigenvalue weighted by atomic mass is 28.3. The summed E-state index contributed by atoms with van der Waals surface area (Å²) in [6, 6.07) is 0. The Hall–Kier alpha value is -0.606. The Kier molecular flexibility index (Phi) is 9.02. The van der Waals surface area contributed by atoms with Crippen LogP contribution in [-0.4, -0.2) is 16.1 Å². The molecule has 0 bridgehead atoms. The topological polar surface area (TPSA) is 0 Å². The Morgan fingerprint density at radius 2 is 0.893 bits per heavy atom. The zero-order valence-corrected chi connectivity index (χ0v) is 22.9. The summed E-state index contributed by atoms with van der Waals surface area (Å²) in [4.78, 5) is 0. The minimum absolute atomic E-state index is 0.710. The third-order valence-electron chi connectivity index (χ3n) is 7.73. The Morgan fingerprint density at radius 3 is 1.25 bits per heavy atom. The quantitative estimate of drug-likeness (QED) is 0.274. The van der Waals surface area contributed by atoms with E-state index in [-0.39, 0.29) is 0 Å². The molecule has 1 aliphatic rings. The van der Waals surface area contributed by atoms with Crippen molar-refractivity contribution in [3.05, 3.63) is 46.8 Å². The molecule has 1 aliphatic carbocycles. The average Bonchev–Trinajstić information content (AvgIpc) is 2.50. The van der Waals surface area contributed by atoms with Crippen molar-refractivity contribution in [1.82, 2.24) is 0 Å². The van der Waals surface area contributed by atoms with Crippen LogP contribution in [0.3, 0.4) is 0 Å². The van der Waals surface area contributed by atoms with Gasteiger partial charge in [0, 0.05) is 8.07 Å². The monoisotopic (exact) mass is 415 g/mol. The SMILES string of the molecule is CC(C)[Si](C1=[C-]\C=C([Si](C(C)C)(C(C)C)C(C)C)/C=C\C=C\1)(C(C)C)C(C)C. The molecule has 0 unspecified atom stereocenters. The van der Waals surface area contributed by atoms with Crippen molar-refractivity contribution in [2.75, 3.05) is 0 Å². The second-order valence-electron chi connectivity index (χ2n) is 10.7. The van der Waals surface area contributed by atoms with Crippen LogP contribution in [0.4, 0.5) is 0 Å². The fourth-order valence-electron chi connectivity index (χ4n) is 7.03. The van der Waals surface area contributed by atoms with E-state index in [1.165, 1.54) is 5.20 Å². The first-order valence-corrected chi connectivity index (χ1v) is 16.0. The molecule has 0 aromatic carbocycles. The zero-order valence-electron chi connectivity index (χ0n) is 20.9. The largest absolute Gasteiger partial charge is 0.184 e. The molecule has 0 N–H and O–H groups in total. The molecular formula is C26H47Si2-. The lowest BCUT2D eigenvalue weighted by Gasteiger charge is -2.49. The predicted octanol–water partition coefficient (Wildman–Crippen LogP) is 9.20. The van der Waals surface area contributed by atoms with Crippen LogP contribution in [0.15, 0.2) is 40.8 Å². The van der Waals surface area contributed by atoms with E-state index >= 15 is 0 Å². The van der Waals surface area contributed by atoms with Crippen molar-refractivity contribution in [3.8, 4) is 0 Å². The van der Waals surface area contributed by atoms with Gasteiger partial charge in [-0.1, -0.05) is 106 Å². The van der Waals surface area contributed by atoms with Crippen molar-refractivity contribution in [2.45, 2.75) is 116 Å². The van der Waals surface area contributed by atoms with Gasteiger partial charge in [0.15, 0.2) is 0 Å². The summed E-state index contributed by atoms with van der Waals surface area (Å²) in [5.41, 5.74) is 4.30. The summed E-state index contributed by atoms with van der Waals surface area (Å²) in [6.07, 6.45) is 15.8. The molecule has 0 saturated heterocycles. The second-order valence-corrected chi connectivity index (χ2v) is 22.4. The lowest BCUT2D eigenvalue weighted by atomic mass is 10.3. The molecule has 0 aromatic heterocycles. The molecule has 0 saturated carbocycles. The molecule has 0 aromatic rings. The first-order valence-electron chi connectivity index (χ1n) is 11.6. The lowest BCUT2D eigenvalue weighted by molar-refractivity contribution is 0.824. The number of hydrogen-bond donors (Lipinski definition) is 0. The molecule has 0 radical (unpaired) electrons. The van der Waals surface area contributed by atoms with Crippen LogP contribution < -0.4 is 0 Å². The Bertz CT molecular complexity index is 525. The van der Waals surface area contributed by atoms with Gasteiger partial charge in [-0.05, 0) is 16.6 Å². The molecule has 0 spiro atoms. The smallest absolute Gasteiger partial charge is 0.0680 e.